The van der Waals surface area contributed by atoms with Crippen molar-refractivity contribution in [1.82, 2.24) is 5.32 Å². The summed E-state index contributed by atoms with van der Waals surface area (Å²) in [6.07, 6.45) is 0. The lowest BCUT2D eigenvalue weighted by Gasteiger charge is -2.07. The normalized spacial score (nSPS) is 12.5. The number of rotatable bonds is 5. The maximum atomic E-state index is 11.7. The molecule has 0 aromatic heterocycles. The van der Waals surface area contributed by atoms with Gasteiger partial charge in [0, 0.05) is 17.7 Å². The number of primary sulfonamides is 1. The first kappa shape index (κ1) is 16.9. The molecule has 1 aromatic rings. The van der Waals surface area contributed by atoms with Gasteiger partial charge in [-0.25, -0.2) is 18.4 Å². The Hall–Kier alpha value is -2.19. The second-order valence-electron chi connectivity index (χ2n) is 4.43. The van der Waals surface area contributed by atoms with Crippen molar-refractivity contribution in [3.8, 4) is 0 Å². The molecule has 0 saturated carbocycles. The topological polar surface area (TPSA) is 127 Å². The Labute approximate surface area is 122 Å². The zero-order valence-electron chi connectivity index (χ0n) is 11.6. The number of nitrogens with two attached hydrogens (primary N) is 1. The molecule has 21 heavy (non-hydrogen) atoms. The van der Waals surface area contributed by atoms with E-state index in [1.54, 1.807) is 0 Å². The van der Waals surface area contributed by atoms with Crippen LogP contribution in [0.4, 0.5) is 0 Å². The van der Waals surface area contributed by atoms with E-state index in [2.05, 4.69) is 5.32 Å². The zero-order valence-corrected chi connectivity index (χ0v) is 12.4. The first-order valence-electron chi connectivity index (χ1n) is 5.93. The molecule has 4 N–H and O–H groups in total. The molecule has 0 bridgehead atoms. The molecule has 0 aliphatic carbocycles. The number of carboxylic acid groups (broad SMARTS) is 1. The van der Waals surface area contributed by atoms with Gasteiger partial charge in [0.05, 0.1) is 4.90 Å². The van der Waals surface area contributed by atoms with Gasteiger partial charge in [0.15, 0.2) is 0 Å². The Morgan fingerprint density at radius 1 is 1.14 bits per heavy atom. The van der Waals surface area contributed by atoms with Gasteiger partial charge in [-0.05, 0) is 31.5 Å². The number of sulfonamides is 1. The van der Waals surface area contributed by atoms with E-state index in [0.29, 0.717) is 5.56 Å². The predicted octanol–water partition coefficient (Wildman–Crippen LogP) is 0.371. The molecule has 0 unspecified atom stereocenters. The Morgan fingerprint density at radius 3 is 2.10 bits per heavy atom. The molecule has 0 spiro atoms. The Kier molecular flexibility index (Phi) is 5.23. The molecule has 0 atom stereocenters. The highest BCUT2D eigenvalue weighted by molar-refractivity contribution is 7.89. The van der Waals surface area contributed by atoms with Gasteiger partial charge in [-0.1, -0.05) is 12.1 Å². The van der Waals surface area contributed by atoms with Gasteiger partial charge in [0.25, 0.3) is 0 Å². The van der Waals surface area contributed by atoms with Crippen LogP contribution < -0.4 is 10.5 Å². The highest BCUT2D eigenvalue weighted by Gasteiger charge is 2.12. The number of carboxylic acids is 1. The van der Waals surface area contributed by atoms with E-state index < -0.39 is 21.9 Å². The van der Waals surface area contributed by atoms with Crippen LogP contribution >= 0.6 is 0 Å². The van der Waals surface area contributed by atoms with Crippen LogP contribution in [-0.4, -0.2) is 25.4 Å². The zero-order chi connectivity index (χ0) is 16.2. The third-order valence-electron chi connectivity index (χ3n) is 2.93. The Balaban J connectivity index is 2.75. The fraction of sp³-hybridized carbons (Fsp3) is 0.231. The summed E-state index contributed by atoms with van der Waals surface area (Å²) >= 11 is 0. The van der Waals surface area contributed by atoms with Crippen LogP contribution in [-0.2, 0) is 26.2 Å². The van der Waals surface area contributed by atoms with Gasteiger partial charge in [-0.2, -0.15) is 0 Å². The SMILES string of the molecule is C/C(C(=O)O)=C(\C)C(=O)NCc1ccc(S(N)(=O)=O)cc1. The van der Waals surface area contributed by atoms with Crippen LogP contribution in [0.1, 0.15) is 19.4 Å². The van der Waals surface area contributed by atoms with Crippen LogP contribution in [0.25, 0.3) is 0 Å². The summed E-state index contributed by atoms with van der Waals surface area (Å²) in [5, 5.41) is 16.3. The van der Waals surface area contributed by atoms with Crippen molar-refractivity contribution >= 4 is 21.9 Å². The largest absolute Gasteiger partial charge is 0.478 e. The number of benzene rings is 1. The standard InChI is InChI=1S/C13H16N2O5S/c1-8(9(2)13(17)18)12(16)15-7-10-3-5-11(6-4-10)21(14,19)20/h3-6H,7H2,1-2H3,(H,15,16)(H,17,18)(H2,14,19,20)/b9-8-. The molecule has 0 fully saturated rings. The maximum absolute atomic E-state index is 11.7. The van der Waals surface area contributed by atoms with E-state index in [1.807, 2.05) is 0 Å². The second kappa shape index (κ2) is 6.51. The van der Waals surface area contributed by atoms with Crippen molar-refractivity contribution < 1.29 is 23.1 Å². The minimum absolute atomic E-state index is 0.0182. The van der Waals surface area contributed by atoms with Gasteiger partial charge in [-0.15, -0.1) is 0 Å². The van der Waals surface area contributed by atoms with Crippen molar-refractivity contribution in [3.63, 3.8) is 0 Å². The smallest absolute Gasteiger partial charge is 0.331 e. The molecule has 8 heteroatoms. The lowest BCUT2D eigenvalue weighted by molar-refractivity contribution is -0.133. The van der Waals surface area contributed by atoms with Gasteiger partial charge < -0.3 is 10.4 Å². The van der Waals surface area contributed by atoms with E-state index in [-0.39, 0.29) is 22.6 Å². The van der Waals surface area contributed by atoms with Crippen molar-refractivity contribution in [2.75, 3.05) is 0 Å². The molecule has 114 valence electrons. The van der Waals surface area contributed by atoms with Crippen LogP contribution in [0.15, 0.2) is 40.3 Å². The molecule has 0 radical (unpaired) electrons. The number of aliphatic carboxylic acids is 1. The van der Waals surface area contributed by atoms with Gasteiger partial charge in [-0.3, -0.25) is 4.79 Å². The van der Waals surface area contributed by atoms with E-state index in [0.717, 1.165) is 0 Å². The molecule has 7 nitrogen and oxygen atoms in total. The summed E-state index contributed by atoms with van der Waals surface area (Å²) in [6.45, 7) is 2.91. The molecular weight excluding hydrogens is 296 g/mol. The Morgan fingerprint density at radius 2 is 1.67 bits per heavy atom. The summed E-state index contributed by atoms with van der Waals surface area (Å²) in [4.78, 5) is 22.5. The van der Waals surface area contributed by atoms with Crippen LogP contribution in [0.3, 0.4) is 0 Å². The highest BCUT2D eigenvalue weighted by atomic mass is 32.2. The van der Waals surface area contributed by atoms with Crippen molar-refractivity contribution in [2.24, 2.45) is 5.14 Å². The number of hydrogen-bond acceptors (Lipinski definition) is 4. The molecule has 1 rings (SSSR count). The summed E-state index contributed by atoms with van der Waals surface area (Å²) in [6, 6.07) is 5.70. The lowest BCUT2D eigenvalue weighted by Crippen LogP contribution is -2.25. The molecule has 1 aromatic carbocycles. The quantitative estimate of drug-likeness (QED) is 0.677. The first-order chi connectivity index (χ1) is 9.62. The first-order valence-corrected chi connectivity index (χ1v) is 7.48. The number of carbonyl (C=O) groups is 2. The second-order valence-corrected chi connectivity index (χ2v) is 5.99. The van der Waals surface area contributed by atoms with Crippen molar-refractivity contribution in [3.05, 3.63) is 41.0 Å². The molecular formula is C13H16N2O5S. The van der Waals surface area contributed by atoms with Gasteiger partial charge in [0.1, 0.15) is 0 Å². The lowest BCUT2D eigenvalue weighted by atomic mass is 10.1. The fourth-order valence-electron chi connectivity index (χ4n) is 1.44. The number of hydrogen-bond donors (Lipinski definition) is 3. The molecule has 0 aliphatic heterocycles. The number of nitrogens with one attached hydrogen (secondary N) is 1. The van der Waals surface area contributed by atoms with Crippen molar-refractivity contribution in [1.29, 1.82) is 0 Å². The minimum atomic E-state index is -3.75. The van der Waals surface area contributed by atoms with E-state index in [1.165, 1.54) is 38.1 Å². The number of carbonyl (C=O) groups excluding carboxylic acids is 1. The summed E-state index contributed by atoms with van der Waals surface area (Å²) in [5.74, 6) is -1.65. The summed E-state index contributed by atoms with van der Waals surface area (Å²) in [7, 11) is -3.75. The highest BCUT2D eigenvalue weighted by Crippen LogP contribution is 2.09. The van der Waals surface area contributed by atoms with Crippen LogP contribution in [0.2, 0.25) is 0 Å². The summed E-state index contributed by atoms with van der Waals surface area (Å²) < 4.78 is 22.2. The van der Waals surface area contributed by atoms with Crippen molar-refractivity contribution in [2.45, 2.75) is 25.3 Å². The number of amides is 1. The average molecular weight is 312 g/mol. The third kappa shape index (κ3) is 4.69. The van der Waals surface area contributed by atoms with E-state index >= 15 is 0 Å². The van der Waals surface area contributed by atoms with E-state index in [9.17, 15) is 18.0 Å². The van der Waals surface area contributed by atoms with E-state index in [4.69, 9.17) is 10.2 Å². The molecule has 0 saturated heterocycles. The maximum Gasteiger partial charge on any atom is 0.331 e. The van der Waals surface area contributed by atoms with Gasteiger partial charge >= 0.3 is 5.97 Å². The summed E-state index contributed by atoms with van der Waals surface area (Å²) in [5.41, 5.74) is 0.747. The van der Waals surface area contributed by atoms with Crippen LogP contribution in [0.5, 0.6) is 0 Å². The van der Waals surface area contributed by atoms with Gasteiger partial charge in [0.2, 0.25) is 15.9 Å². The molecule has 0 aliphatic rings. The molecule has 1 amide bonds. The fourth-order valence-corrected chi connectivity index (χ4v) is 1.96. The predicted molar refractivity (Wildman–Crippen MR) is 75.7 cm³/mol. The minimum Gasteiger partial charge on any atom is -0.478 e. The monoisotopic (exact) mass is 312 g/mol. The average Bonchev–Trinajstić information content (AvgIpc) is 2.42. The molecule has 0 heterocycles. The Bertz CT molecular complexity index is 690. The third-order valence-corrected chi connectivity index (χ3v) is 3.86. The van der Waals surface area contributed by atoms with Crippen LogP contribution in [0, 0.1) is 0 Å².